The molecule has 0 aliphatic carbocycles. The largest absolute Gasteiger partial charge is 0.334 e. The number of fused-ring (bicyclic) bond motifs is 1. The molecule has 16 heavy (non-hydrogen) atoms. The summed E-state index contributed by atoms with van der Waals surface area (Å²) in [4.78, 5) is 14.0. The third-order valence-electron chi connectivity index (χ3n) is 3.28. The van der Waals surface area contributed by atoms with Gasteiger partial charge in [-0.25, -0.2) is 0 Å². The number of amides is 1. The van der Waals surface area contributed by atoms with Gasteiger partial charge in [-0.2, -0.15) is 0 Å². The van der Waals surface area contributed by atoms with Crippen LogP contribution in [0.2, 0.25) is 0 Å². The van der Waals surface area contributed by atoms with Crippen LogP contribution in [0.15, 0.2) is 24.3 Å². The van der Waals surface area contributed by atoms with E-state index in [-0.39, 0.29) is 18.3 Å². The van der Waals surface area contributed by atoms with Crippen LogP contribution in [-0.4, -0.2) is 23.9 Å². The fraction of sp³-hybridized carbons (Fsp3) is 0.417. The smallest absolute Gasteiger partial charge is 0.228 e. The summed E-state index contributed by atoms with van der Waals surface area (Å²) < 4.78 is 0. The highest BCUT2D eigenvalue weighted by atomic mass is 35.5. The molecule has 1 amide bonds. The summed E-state index contributed by atoms with van der Waals surface area (Å²) in [6.45, 7) is 3.30. The fourth-order valence-electron chi connectivity index (χ4n) is 2.21. The Kier molecular flexibility index (Phi) is 3.17. The van der Waals surface area contributed by atoms with E-state index in [1.165, 1.54) is 11.1 Å². The molecule has 1 aromatic carbocycles. The van der Waals surface area contributed by atoms with Gasteiger partial charge in [-0.3, -0.25) is 4.79 Å². The molecule has 2 aliphatic heterocycles. The van der Waals surface area contributed by atoms with Crippen LogP contribution >= 0.6 is 12.4 Å². The maximum Gasteiger partial charge on any atom is 0.228 e. The Morgan fingerprint density at radius 2 is 1.75 bits per heavy atom. The van der Waals surface area contributed by atoms with Crippen LogP contribution in [0.4, 0.5) is 0 Å². The quantitative estimate of drug-likeness (QED) is 0.797. The summed E-state index contributed by atoms with van der Waals surface area (Å²) in [6, 6.07) is 8.30. The van der Waals surface area contributed by atoms with Crippen LogP contribution in [0.1, 0.15) is 11.1 Å². The van der Waals surface area contributed by atoms with Gasteiger partial charge < -0.3 is 10.2 Å². The van der Waals surface area contributed by atoms with Gasteiger partial charge in [0.25, 0.3) is 0 Å². The summed E-state index contributed by atoms with van der Waals surface area (Å²) >= 11 is 0. The molecule has 2 aliphatic rings. The average molecular weight is 239 g/mol. The second kappa shape index (κ2) is 4.44. The lowest BCUT2D eigenvalue weighted by atomic mass is 10.0. The first kappa shape index (κ1) is 11.4. The van der Waals surface area contributed by atoms with Crippen molar-refractivity contribution in [2.24, 2.45) is 5.92 Å². The van der Waals surface area contributed by atoms with Crippen LogP contribution in [0.25, 0.3) is 0 Å². The van der Waals surface area contributed by atoms with Gasteiger partial charge in [-0.1, -0.05) is 24.3 Å². The molecule has 0 bridgehead atoms. The fourth-order valence-corrected chi connectivity index (χ4v) is 2.21. The average Bonchev–Trinajstić information content (AvgIpc) is 2.58. The molecule has 3 nitrogen and oxygen atoms in total. The van der Waals surface area contributed by atoms with Gasteiger partial charge in [0.05, 0.1) is 5.92 Å². The highest BCUT2D eigenvalue weighted by Gasteiger charge is 2.31. The van der Waals surface area contributed by atoms with Gasteiger partial charge in [-0.05, 0) is 11.1 Å². The standard InChI is InChI=1S/C12H14N2O.ClH/c15-12(11-5-13-6-11)14-7-9-3-1-2-4-10(9)8-14;/h1-4,11,13H,5-8H2;1H. The molecule has 0 atom stereocenters. The number of benzene rings is 1. The maximum atomic E-state index is 12.0. The number of hydrogen-bond donors (Lipinski definition) is 1. The Morgan fingerprint density at radius 1 is 1.19 bits per heavy atom. The van der Waals surface area contributed by atoms with Gasteiger partial charge >= 0.3 is 0 Å². The predicted molar refractivity (Wildman–Crippen MR) is 64.3 cm³/mol. The van der Waals surface area contributed by atoms with Gasteiger partial charge in [0.2, 0.25) is 5.91 Å². The van der Waals surface area contributed by atoms with Crippen molar-refractivity contribution >= 4 is 18.3 Å². The van der Waals surface area contributed by atoms with Crippen molar-refractivity contribution in [3.05, 3.63) is 35.4 Å². The van der Waals surface area contributed by atoms with E-state index in [1.807, 2.05) is 17.0 Å². The minimum absolute atomic E-state index is 0. The number of nitrogens with one attached hydrogen (secondary N) is 1. The van der Waals surface area contributed by atoms with E-state index in [4.69, 9.17) is 0 Å². The van der Waals surface area contributed by atoms with Crippen molar-refractivity contribution in [3.8, 4) is 0 Å². The molecule has 1 N–H and O–H groups in total. The molecule has 0 aromatic heterocycles. The zero-order valence-electron chi connectivity index (χ0n) is 8.98. The first-order chi connectivity index (χ1) is 7.34. The molecule has 4 heteroatoms. The van der Waals surface area contributed by atoms with Crippen molar-refractivity contribution in [1.29, 1.82) is 0 Å². The van der Waals surface area contributed by atoms with Crippen LogP contribution in [-0.2, 0) is 17.9 Å². The second-order valence-corrected chi connectivity index (χ2v) is 4.32. The normalized spacial score (nSPS) is 18.6. The van der Waals surface area contributed by atoms with Crippen LogP contribution < -0.4 is 5.32 Å². The SMILES string of the molecule is Cl.O=C(C1CNC1)N1Cc2ccccc2C1. The topological polar surface area (TPSA) is 32.3 Å². The van der Waals surface area contributed by atoms with Crippen molar-refractivity contribution in [1.82, 2.24) is 10.2 Å². The molecule has 3 rings (SSSR count). The number of hydrogen-bond acceptors (Lipinski definition) is 2. The summed E-state index contributed by atoms with van der Waals surface area (Å²) in [5.74, 6) is 0.532. The van der Waals surface area contributed by atoms with Crippen molar-refractivity contribution in [2.45, 2.75) is 13.1 Å². The summed E-state index contributed by atoms with van der Waals surface area (Å²) in [5.41, 5.74) is 2.61. The Morgan fingerprint density at radius 3 is 2.19 bits per heavy atom. The summed E-state index contributed by atoms with van der Waals surface area (Å²) in [7, 11) is 0. The minimum Gasteiger partial charge on any atom is -0.334 e. The monoisotopic (exact) mass is 238 g/mol. The van der Waals surface area contributed by atoms with E-state index >= 15 is 0 Å². The van der Waals surface area contributed by atoms with Crippen molar-refractivity contribution in [3.63, 3.8) is 0 Å². The van der Waals surface area contributed by atoms with E-state index in [1.54, 1.807) is 0 Å². The molecule has 0 unspecified atom stereocenters. The second-order valence-electron chi connectivity index (χ2n) is 4.32. The number of halogens is 1. The summed E-state index contributed by atoms with van der Waals surface area (Å²) in [5, 5.41) is 3.14. The van der Waals surface area contributed by atoms with Crippen LogP contribution in [0, 0.1) is 5.92 Å². The Labute approximate surface area is 101 Å². The first-order valence-corrected chi connectivity index (χ1v) is 5.41. The molecule has 1 aromatic rings. The van der Waals surface area contributed by atoms with E-state index in [0.29, 0.717) is 5.91 Å². The highest BCUT2D eigenvalue weighted by Crippen LogP contribution is 2.24. The van der Waals surface area contributed by atoms with Crippen LogP contribution in [0.5, 0.6) is 0 Å². The zero-order chi connectivity index (χ0) is 10.3. The Hall–Kier alpha value is -1.06. The lowest BCUT2D eigenvalue weighted by Gasteiger charge is -2.29. The number of nitrogens with zero attached hydrogens (tertiary/aromatic N) is 1. The third-order valence-corrected chi connectivity index (χ3v) is 3.28. The lowest BCUT2D eigenvalue weighted by molar-refractivity contribution is -0.137. The van der Waals surface area contributed by atoms with E-state index in [0.717, 1.165) is 26.2 Å². The van der Waals surface area contributed by atoms with E-state index in [2.05, 4.69) is 17.4 Å². The van der Waals surface area contributed by atoms with Gasteiger partial charge in [0, 0.05) is 26.2 Å². The molecule has 2 heterocycles. The lowest BCUT2D eigenvalue weighted by Crippen LogP contribution is -2.50. The van der Waals surface area contributed by atoms with Crippen molar-refractivity contribution in [2.75, 3.05) is 13.1 Å². The molecule has 1 saturated heterocycles. The molecule has 0 spiro atoms. The van der Waals surface area contributed by atoms with Gasteiger partial charge in [0.15, 0.2) is 0 Å². The molecule has 86 valence electrons. The molecule has 1 fully saturated rings. The highest BCUT2D eigenvalue weighted by molar-refractivity contribution is 5.85. The Balaban J connectivity index is 0.000000963. The van der Waals surface area contributed by atoms with Gasteiger partial charge in [-0.15, -0.1) is 12.4 Å². The van der Waals surface area contributed by atoms with Crippen LogP contribution in [0.3, 0.4) is 0 Å². The van der Waals surface area contributed by atoms with Crippen molar-refractivity contribution < 1.29 is 4.79 Å². The summed E-state index contributed by atoms with van der Waals surface area (Å²) in [6.07, 6.45) is 0. The minimum atomic E-state index is 0. The molecular weight excluding hydrogens is 224 g/mol. The zero-order valence-corrected chi connectivity index (χ0v) is 9.80. The predicted octanol–water partition coefficient (Wildman–Crippen LogP) is 1.17. The van der Waals surface area contributed by atoms with E-state index < -0.39 is 0 Å². The number of rotatable bonds is 1. The molecule has 0 saturated carbocycles. The number of carbonyl (C=O) groups excluding carboxylic acids is 1. The molecular formula is C12H15ClN2O. The number of carbonyl (C=O) groups is 1. The maximum absolute atomic E-state index is 12.0. The third kappa shape index (κ3) is 1.81. The Bertz CT molecular complexity index is 379. The molecule has 0 radical (unpaired) electrons. The van der Waals surface area contributed by atoms with Gasteiger partial charge in [0.1, 0.15) is 0 Å². The van der Waals surface area contributed by atoms with E-state index in [9.17, 15) is 4.79 Å². The first-order valence-electron chi connectivity index (χ1n) is 5.41.